The lowest BCUT2D eigenvalue weighted by Gasteiger charge is -2.09. The first-order valence-corrected chi connectivity index (χ1v) is 7.54. The Morgan fingerprint density at radius 3 is 2.60 bits per heavy atom. The molecule has 0 heterocycles. The second kappa shape index (κ2) is 5.78. The van der Waals surface area contributed by atoms with E-state index in [0.717, 1.165) is 0 Å². The maximum atomic E-state index is 13.0. The summed E-state index contributed by atoms with van der Waals surface area (Å²) in [6, 6.07) is 9.80. The molecule has 0 aliphatic carbocycles. The summed E-state index contributed by atoms with van der Waals surface area (Å²) in [5.74, 6) is -0.423. The Kier molecular flexibility index (Phi) is 4.27. The number of hydrogen-bond donors (Lipinski definition) is 2. The number of anilines is 1. The van der Waals surface area contributed by atoms with Gasteiger partial charge in [-0.3, -0.25) is 0 Å². The third kappa shape index (κ3) is 3.47. The van der Waals surface area contributed by atoms with E-state index in [4.69, 9.17) is 17.3 Å². The van der Waals surface area contributed by atoms with Gasteiger partial charge < -0.3 is 5.73 Å². The lowest BCUT2D eigenvalue weighted by Crippen LogP contribution is -2.24. The molecule has 2 aromatic carbocycles. The fourth-order valence-corrected chi connectivity index (χ4v) is 2.98. The largest absolute Gasteiger partial charge is 0.398 e. The number of rotatable bonds is 4. The average molecular weight is 315 g/mol. The number of nitrogens with one attached hydrogen (secondary N) is 1. The molecule has 0 unspecified atom stereocenters. The van der Waals surface area contributed by atoms with Crippen molar-refractivity contribution in [3.05, 3.63) is 58.9 Å². The van der Waals surface area contributed by atoms with Gasteiger partial charge in [0.25, 0.3) is 0 Å². The van der Waals surface area contributed by atoms with Gasteiger partial charge in [-0.1, -0.05) is 23.7 Å². The van der Waals surface area contributed by atoms with E-state index < -0.39 is 15.8 Å². The molecule has 2 aromatic rings. The molecule has 0 saturated carbocycles. The van der Waals surface area contributed by atoms with E-state index in [1.165, 1.54) is 36.4 Å². The highest BCUT2D eigenvalue weighted by Gasteiger charge is 2.17. The van der Waals surface area contributed by atoms with Crippen LogP contribution in [0.5, 0.6) is 0 Å². The molecule has 3 N–H and O–H groups in total. The lowest BCUT2D eigenvalue weighted by molar-refractivity contribution is 0.580. The molecular weight excluding hydrogens is 303 g/mol. The highest BCUT2D eigenvalue weighted by atomic mass is 35.5. The molecule has 0 aromatic heterocycles. The summed E-state index contributed by atoms with van der Waals surface area (Å²) in [4.78, 5) is -0.0571. The van der Waals surface area contributed by atoms with Crippen molar-refractivity contribution in [2.75, 3.05) is 5.73 Å². The van der Waals surface area contributed by atoms with Gasteiger partial charge >= 0.3 is 0 Å². The van der Waals surface area contributed by atoms with E-state index in [9.17, 15) is 12.8 Å². The van der Waals surface area contributed by atoms with Crippen LogP contribution < -0.4 is 10.5 Å². The van der Waals surface area contributed by atoms with Gasteiger partial charge in [-0.25, -0.2) is 17.5 Å². The maximum absolute atomic E-state index is 13.0. The highest BCUT2D eigenvalue weighted by molar-refractivity contribution is 7.89. The third-order valence-electron chi connectivity index (χ3n) is 2.62. The third-order valence-corrected chi connectivity index (χ3v) is 4.33. The molecule has 0 aliphatic heterocycles. The zero-order valence-corrected chi connectivity index (χ0v) is 11.9. The van der Waals surface area contributed by atoms with Crippen LogP contribution in [0.25, 0.3) is 0 Å². The molecule has 0 bridgehead atoms. The monoisotopic (exact) mass is 314 g/mol. The number of sulfonamides is 1. The van der Waals surface area contributed by atoms with E-state index in [-0.39, 0.29) is 17.1 Å². The Hall–Kier alpha value is -1.63. The van der Waals surface area contributed by atoms with Crippen molar-refractivity contribution in [2.45, 2.75) is 11.4 Å². The van der Waals surface area contributed by atoms with E-state index in [1.807, 2.05) is 0 Å². The summed E-state index contributed by atoms with van der Waals surface area (Å²) in [6.45, 7) is -0.0256. The number of benzene rings is 2. The first-order valence-electron chi connectivity index (χ1n) is 5.67. The molecule has 0 radical (unpaired) electrons. The van der Waals surface area contributed by atoms with Crippen LogP contribution in [-0.4, -0.2) is 8.42 Å². The molecular formula is C13H12ClFN2O2S. The molecule has 0 aliphatic rings. The first-order chi connectivity index (χ1) is 9.38. The van der Waals surface area contributed by atoms with Crippen molar-refractivity contribution >= 4 is 27.3 Å². The fourth-order valence-electron chi connectivity index (χ4n) is 1.67. The normalized spacial score (nSPS) is 11.5. The zero-order chi connectivity index (χ0) is 14.8. The number of hydrogen-bond acceptors (Lipinski definition) is 3. The minimum absolute atomic E-state index is 0.0256. The highest BCUT2D eigenvalue weighted by Crippen LogP contribution is 2.22. The molecule has 0 fully saturated rings. The predicted octanol–water partition coefficient (Wildman–Crippen LogP) is 2.54. The van der Waals surface area contributed by atoms with Gasteiger partial charge in [-0.15, -0.1) is 0 Å². The van der Waals surface area contributed by atoms with Crippen molar-refractivity contribution in [3.63, 3.8) is 0 Å². The molecule has 7 heteroatoms. The fraction of sp³-hybridized carbons (Fsp3) is 0.0769. The van der Waals surface area contributed by atoms with Crippen LogP contribution in [0.15, 0.2) is 47.4 Å². The standard InChI is InChI=1S/C13H12ClFN2O2S/c14-10-4-5-13(12(16)7-10)20(18,19)17-8-9-2-1-3-11(15)6-9/h1-7,17H,8,16H2. The predicted molar refractivity (Wildman–Crippen MR) is 76.3 cm³/mol. The van der Waals surface area contributed by atoms with Crippen molar-refractivity contribution in [1.29, 1.82) is 0 Å². The minimum Gasteiger partial charge on any atom is -0.398 e. The van der Waals surface area contributed by atoms with Gasteiger partial charge in [-0.05, 0) is 35.9 Å². The summed E-state index contributed by atoms with van der Waals surface area (Å²) in [7, 11) is -3.77. The van der Waals surface area contributed by atoms with Gasteiger partial charge in [0.15, 0.2) is 0 Å². The Morgan fingerprint density at radius 2 is 1.95 bits per heavy atom. The van der Waals surface area contributed by atoms with E-state index in [0.29, 0.717) is 10.6 Å². The summed E-state index contributed by atoms with van der Waals surface area (Å²) in [5.41, 5.74) is 6.21. The Labute approximate surface area is 121 Å². The quantitative estimate of drug-likeness (QED) is 0.852. The van der Waals surface area contributed by atoms with Crippen molar-refractivity contribution in [3.8, 4) is 0 Å². The molecule has 0 atom stereocenters. The smallest absolute Gasteiger partial charge is 0.242 e. The summed E-state index contributed by atoms with van der Waals surface area (Å²) in [6.07, 6.45) is 0. The SMILES string of the molecule is Nc1cc(Cl)ccc1S(=O)(=O)NCc1cccc(F)c1. The van der Waals surface area contributed by atoms with Gasteiger partial charge in [0.1, 0.15) is 10.7 Å². The summed E-state index contributed by atoms with van der Waals surface area (Å²) >= 11 is 5.72. The van der Waals surface area contributed by atoms with Crippen LogP contribution in [0.3, 0.4) is 0 Å². The molecule has 106 valence electrons. The van der Waals surface area contributed by atoms with Crippen molar-refractivity contribution in [2.24, 2.45) is 0 Å². The zero-order valence-electron chi connectivity index (χ0n) is 10.3. The maximum Gasteiger partial charge on any atom is 0.242 e. The molecule has 0 amide bonds. The van der Waals surface area contributed by atoms with Gasteiger partial charge in [0.2, 0.25) is 10.0 Å². The van der Waals surface area contributed by atoms with Crippen LogP contribution >= 0.6 is 11.6 Å². The number of nitrogen functional groups attached to an aromatic ring is 1. The Balaban J connectivity index is 2.19. The van der Waals surface area contributed by atoms with E-state index in [1.54, 1.807) is 6.07 Å². The Morgan fingerprint density at radius 1 is 1.20 bits per heavy atom. The van der Waals surface area contributed by atoms with Crippen molar-refractivity contribution < 1.29 is 12.8 Å². The van der Waals surface area contributed by atoms with Crippen LogP contribution in [0.1, 0.15) is 5.56 Å². The molecule has 0 spiro atoms. The molecule has 4 nitrogen and oxygen atoms in total. The Bertz CT molecular complexity index is 735. The van der Waals surface area contributed by atoms with Crippen LogP contribution in [0, 0.1) is 5.82 Å². The van der Waals surface area contributed by atoms with Crippen molar-refractivity contribution in [1.82, 2.24) is 4.72 Å². The van der Waals surface area contributed by atoms with E-state index in [2.05, 4.69) is 4.72 Å². The first kappa shape index (κ1) is 14.8. The van der Waals surface area contributed by atoms with Crippen LogP contribution in [0.4, 0.5) is 10.1 Å². The molecule has 2 rings (SSSR count). The number of nitrogens with two attached hydrogens (primary N) is 1. The second-order valence-electron chi connectivity index (χ2n) is 4.14. The van der Waals surface area contributed by atoms with Gasteiger partial charge in [0.05, 0.1) is 5.69 Å². The minimum atomic E-state index is -3.77. The van der Waals surface area contributed by atoms with Crippen LogP contribution in [0.2, 0.25) is 5.02 Å². The molecule has 20 heavy (non-hydrogen) atoms. The van der Waals surface area contributed by atoms with E-state index >= 15 is 0 Å². The second-order valence-corrected chi connectivity index (χ2v) is 6.31. The average Bonchev–Trinajstić information content (AvgIpc) is 2.36. The van der Waals surface area contributed by atoms with Crippen LogP contribution in [-0.2, 0) is 16.6 Å². The van der Waals surface area contributed by atoms with Gasteiger partial charge in [-0.2, -0.15) is 0 Å². The summed E-state index contributed by atoms with van der Waals surface area (Å²) in [5, 5.41) is 0.353. The lowest BCUT2D eigenvalue weighted by atomic mass is 10.2. The topological polar surface area (TPSA) is 72.2 Å². The summed E-state index contributed by atoms with van der Waals surface area (Å²) < 4.78 is 39.6. The van der Waals surface area contributed by atoms with Gasteiger partial charge in [0, 0.05) is 11.6 Å². The number of halogens is 2. The molecule has 0 saturated heterocycles.